The van der Waals surface area contributed by atoms with Gasteiger partial charge < -0.3 is 18.9 Å². The number of fused-ring (bicyclic) bond motifs is 10. The van der Waals surface area contributed by atoms with E-state index in [2.05, 4.69) is 528 Å². The Bertz CT molecular complexity index is 7290. The van der Waals surface area contributed by atoms with Gasteiger partial charge in [-0.1, -0.05) is 400 Å². The molecule has 21 rings (SSSR count). The first-order valence-corrected chi connectivity index (χ1v) is 49.8. The highest BCUT2D eigenvalue weighted by Crippen LogP contribution is 2.57. The molecule has 138 heavy (non-hydrogen) atoms. The number of aromatic nitrogens is 2. The summed E-state index contributed by atoms with van der Waals surface area (Å²) in [6.07, 6.45) is -0.373. The Morgan fingerprint density at radius 1 is 0.225 bits per heavy atom. The molecule has 0 fully saturated rings. The second-order valence-corrected chi connectivity index (χ2v) is 46.8. The maximum Gasteiger partial charge on any atom is 0.252 e. The molecule has 4 nitrogen and oxygen atoms in total. The van der Waals surface area contributed by atoms with Crippen molar-refractivity contribution in [1.82, 2.24) is 9.13 Å². The molecule has 2 aliphatic rings. The molecule has 4 heterocycles. The molecule has 0 bridgehead atoms. The highest BCUT2D eigenvalue weighted by molar-refractivity contribution is 7.00. The predicted octanol–water partition coefficient (Wildman–Crippen LogP) is 35.3. The SMILES string of the molecule is [2H]C([2H])(c1cc2c3c(c1)N(c1c(-c4cccc(C(C)(C)C)c4)cc(CC(C)(C)C)cc1-c1cccc(C(C)(C)C)c1)c1cc(-n4c5ccc(-c6ccccc6)cc5c5cc(-c6ccccc6)ccc54)ccc1B3c1ccc(-n3c4ccc(-c5ccccc5)cc4c4cc(-c5ccccc5)ccc43)cc1N2c1c(-c2cccc(C(C)(C)C)c2)cc(CC(C)(C)C)cc1-c1cccc(C(C)(C)C)c1)C(C)(C)C. The fourth-order valence-electron chi connectivity index (χ4n) is 21.9. The quantitative estimate of drug-likeness (QED) is 0.0951. The molecule has 0 N–H and O–H groups in total. The highest BCUT2D eigenvalue weighted by Gasteiger charge is 2.47. The second-order valence-electron chi connectivity index (χ2n) is 46.8. The minimum atomic E-state index is -1.98. The highest BCUT2D eigenvalue weighted by atomic mass is 15.2. The van der Waals surface area contributed by atoms with Gasteiger partial charge in [-0.25, -0.2) is 0 Å². The minimum Gasteiger partial charge on any atom is -0.310 e. The van der Waals surface area contributed by atoms with E-state index in [1.165, 1.54) is 33.4 Å². The van der Waals surface area contributed by atoms with Crippen LogP contribution in [0.4, 0.5) is 34.1 Å². The second kappa shape index (κ2) is 34.0. The molecule has 0 aliphatic carbocycles. The van der Waals surface area contributed by atoms with Crippen molar-refractivity contribution in [2.45, 2.75) is 186 Å². The molecule has 2 aliphatic heterocycles. The molecule has 2 aromatic heterocycles. The number of anilines is 6. The van der Waals surface area contributed by atoms with Crippen LogP contribution < -0.4 is 26.2 Å². The zero-order valence-corrected chi connectivity index (χ0v) is 84.4. The summed E-state index contributed by atoms with van der Waals surface area (Å²) in [7, 11) is 0. The third kappa shape index (κ3) is 17.1. The van der Waals surface area contributed by atoms with Crippen molar-refractivity contribution in [3.63, 3.8) is 0 Å². The summed E-state index contributed by atoms with van der Waals surface area (Å²) in [5, 5.41) is 4.62. The van der Waals surface area contributed by atoms with Crippen LogP contribution in [0.5, 0.6) is 0 Å². The van der Waals surface area contributed by atoms with Crippen molar-refractivity contribution in [2.24, 2.45) is 16.2 Å². The number of hydrogen-bond donors (Lipinski definition) is 0. The normalized spacial score (nSPS) is 13.5. The lowest BCUT2D eigenvalue weighted by Gasteiger charge is -2.46. The fourth-order valence-corrected chi connectivity index (χ4v) is 21.9. The lowest BCUT2D eigenvalue weighted by molar-refractivity contribution is 0.411. The van der Waals surface area contributed by atoms with Crippen LogP contribution >= 0.6 is 0 Å². The number of hydrogen-bond acceptors (Lipinski definition) is 2. The third-order valence-electron chi connectivity index (χ3n) is 28.4. The summed E-state index contributed by atoms with van der Waals surface area (Å²) < 4.78 is 27.9. The van der Waals surface area contributed by atoms with Gasteiger partial charge in [-0.05, 0) is 288 Å². The fraction of sp³-hybridized carbons (Fsp3) is 0.233. The van der Waals surface area contributed by atoms with Crippen LogP contribution in [0.3, 0.4) is 0 Å². The van der Waals surface area contributed by atoms with Crippen LogP contribution in [0.1, 0.15) is 187 Å². The van der Waals surface area contributed by atoms with Crippen molar-refractivity contribution in [2.75, 3.05) is 9.80 Å². The summed E-state index contributed by atoms with van der Waals surface area (Å²) in [6, 6.07) is 139. The Kier molecular flexibility index (Phi) is 21.7. The van der Waals surface area contributed by atoms with Gasteiger partial charge in [0.2, 0.25) is 0 Å². The van der Waals surface area contributed by atoms with Crippen molar-refractivity contribution < 1.29 is 2.74 Å². The lowest BCUT2D eigenvalue weighted by Crippen LogP contribution is -2.61. The predicted molar refractivity (Wildman–Crippen MR) is 597 cm³/mol. The van der Waals surface area contributed by atoms with Crippen LogP contribution in [0.2, 0.25) is 0 Å². The van der Waals surface area contributed by atoms with Crippen molar-refractivity contribution >= 4 is 101 Å². The van der Waals surface area contributed by atoms with Crippen LogP contribution in [0, 0.1) is 16.2 Å². The first-order valence-electron chi connectivity index (χ1n) is 50.8. The minimum absolute atomic E-state index is 0.116. The zero-order chi connectivity index (χ0) is 98.0. The van der Waals surface area contributed by atoms with Gasteiger partial charge in [-0.3, -0.25) is 0 Å². The van der Waals surface area contributed by atoms with Gasteiger partial charge in [0.05, 0.1) is 33.4 Å². The Morgan fingerprint density at radius 3 is 0.746 bits per heavy atom. The molecule has 0 unspecified atom stereocenters. The van der Waals surface area contributed by atoms with E-state index in [-0.39, 0.29) is 32.5 Å². The van der Waals surface area contributed by atoms with Gasteiger partial charge in [0.1, 0.15) is 0 Å². The molecular weight excluding hydrogens is 1660 g/mol. The van der Waals surface area contributed by atoms with Crippen molar-refractivity contribution in [3.05, 3.63) is 403 Å². The monoisotopic (exact) mass is 1800 g/mol. The summed E-state index contributed by atoms with van der Waals surface area (Å²) in [6.45, 7) is 48.1. The topological polar surface area (TPSA) is 16.3 Å². The maximum atomic E-state index is 11.4. The molecule has 17 aromatic carbocycles. The standard InChI is InChI=1S/C133H129BN4/c1-127(2,3)82-85-66-106(96-46-34-50-100(72-96)130(10,11)12)125(107(67-85)97-47-35-51-101(73-97)131(13,14)15)137-120-80-104(135-116-62-54-92(88-38-26-22-27-39-88)76-110(116)111-77-93(55-63-117(111)135)89-40-28-23-29-41-89)58-60-114(120)134-115-61-59-105(136-118-64-56-94(90-42-30-24-31-43-90)78-112(118)113-79-95(57-65-119(113)136)91-44-32-25-33-45-91)81-121(115)138(123-71-87(84-129(7,8)9)70-122(137)124(123)134)126-108(98-48-36-52-102(74-98)132(16,17)18)68-86(83-128(4,5)6)69-109(126)99-49-37-53-103(75-99)133(19,20)21/h22-81H,82-84H2,1-21H3/i84D2. The molecule has 0 spiro atoms. The van der Waals surface area contributed by atoms with Gasteiger partial charge in [0.25, 0.3) is 6.71 Å². The molecule has 0 atom stereocenters. The van der Waals surface area contributed by atoms with Crippen LogP contribution in [-0.2, 0) is 40.9 Å². The van der Waals surface area contributed by atoms with E-state index >= 15 is 0 Å². The Balaban J connectivity index is 0.968. The van der Waals surface area contributed by atoms with Crippen molar-refractivity contribution in [3.8, 4) is 100 Å². The van der Waals surface area contributed by atoms with E-state index < -0.39 is 18.5 Å². The Hall–Kier alpha value is -14.0. The molecule has 0 saturated carbocycles. The summed E-state index contributed by atoms with van der Waals surface area (Å²) in [5.41, 5.74) is 39.5. The Morgan fingerprint density at radius 2 is 0.493 bits per heavy atom. The molecule has 684 valence electrons. The maximum absolute atomic E-state index is 11.4. The van der Waals surface area contributed by atoms with Gasteiger partial charge in [0, 0.05) is 80.7 Å². The lowest BCUT2D eigenvalue weighted by atomic mass is 9.33. The molecule has 0 saturated heterocycles. The van der Waals surface area contributed by atoms with Gasteiger partial charge in [0.15, 0.2) is 0 Å². The van der Waals surface area contributed by atoms with E-state index in [0.717, 1.165) is 207 Å². The molecule has 19 aromatic rings. The number of benzene rings is 17. The summed E-state index contributed by atoms with van der Waals surface area (Å²) in [5.74, 6) is 0. The summed E-state index contributed by atoms with van der Waals surface area (Å²) >= 11 is 0. The third-order valence-corrected chi connectivity index (χ3v) is 28.4. The molecular formula is C133H129BN4. The van der Waals surface area contributed by atoms with E-state index in [9.17, 15) is 2.74 Å². The van der Waals surface area contributed by atoms with Gasteiger partial charge in [-0.2, -0.15) is 0 Å². The average Bonchev–Trinajstić information content (AvgIpc) is 0.825. The first kappa shape index (κ1) is 88.0. The number of rotatable bonds is 15. The molecule has 0 radical (unpaired) electrons. The first-order chi connectivity index (χ1) is 66.5. The molecule has 0 amide bonds. The summed E-state index contributed by atoms with van der Waals surface area (Å²) in [4.78, 5) is 5.36. The molecule has 5 heteroatoms. The average molecular weight is 1800 g/mol. The van der Waals surface area contributed by atoms with Crippen LogP contribution in [-0.4, -0.2) is 15.8 Å². The van der Waals surface area contributed by atoms with Gasteiger partial charge >= 0.3 is 0 Å². The van der Waals surface area contributed by atoms with E-state index in [0.29, 0.717) is 5.56 Å². The zero-order valence-electron chi connectivity index (χ0n) is 86.4. The van der Waals surface area contributed by atoms with Crippen LogP contribution in [0.25, 0.3) is 144 Å². The van der Waals surface area contributed by atoms with E-state index in [4.69, 9.17) is 0 Å². The van der Waals surface area contributed by atoms with E-state index in [1.807, 2.05) is 0 Å². The largest absolute Gasteiger partial charge is 0.310 e. The van der Waals surface area contributed by atoms with Crippen molar-refractivity contribution in [1.29, 1.82) is 0 Å². The van der Waals surface area contributed by atoms with Gasteiger partial charge in [-0.15, -0.1) is 0 Å². The van der Waals surface area contributed by atoms with Crippen LogP contribution in [0.15, 0.2) is 364 Å². The number of nitrogens with zero attached hydrogens (tertiary/aromatic N) is 4. The smallest absolute Gasteiger partial charge is 0.252 e. The Labute approximate surface area is 822 Å². The van der Waals surface area contributed by atoms with E-state index in [1.54, 1.807) is 0 Å².